The summed E-state index contributed by atoms with van der Waals surface area (Å²) in [5.41, 5.74) is 5.41. The quantitative estimate of drug-likeness (QED) is 0.706. The van der Waals surface area contributed by atoms with Gasteiger partial charge in [0.2, 0.25) is 0 Å². The third-order valence-corrected chi connectivity index (χ3v) is 5.34. The zero-order valence-electron chi connectivity index (χ0n) is 15.0. The van der Waals surface area contributed by atoms with Gasteiger partial charge in [-0.3, -0.25) is 4.79 Å². The van der Waals surface area contributed by atoms with E-state index >= 15 is 0 Å². The molecule has 0 N–H and O–H groups in total. The van der Waals surface area contributed by atoms with Crippen LogP contribution in [0.25, 0.3) is 5.65 Å². The van der Waals surface area contributed by atoms with Crippen LogP contribution in [0.15, 0.2) is 30.5 Å². The molecule has 0 bridgehead atoms. The number of carbonyl (C=O) groups excluding carboxylic acids is 1. The summed E-state index contributed by atoms with van der Waals surface area (Å²) in [6.45, 7) is 5.66. The highest BCUT2D eigenvalue weighted by molar-refractivity contribution is 6.30. The van der Waals surface area contributed by atoms with Gasteiger partial charge in [0.25, 0.3) is 5.91 Å². The van der Waals surface area contributed by atoms with Crippen molar-refractivity contribution in [1.29, 1.82) is 0 Å². The van der Waals surface area contributed by atoms with E-state index in [1.807, 2.05) is 36.9 Å². The van der Waals surface area contributed by atoms with Gasteiger partial charge in [-0.05, 0) is 49.9 Å². The predicted molar refractivity (Wildman–Crippen MR) is 102 cm³/mol. The first-order chi connectivity index (χ1) is 12.5. The van der Waals surface area contributed by atoms with Gasteiger partial charge in [0.15, 0.2) is 5.65 Å². The third kappa shape index (κ3) is 2.97. The fourth-order valence-electron chi connectivity index (χ4n) is 3.66. The fourth-order valence-corrected chi connectivity index (χ4v) is 3.87. The summed E-state index contributed by atoms with van der Waals surface area (Å²) < 4.78 is 1.79. The molecule has 3 heterocycles. The van der Waals surface area contributed by atoms with Crippen LogP contribution in [0.3, 0.4) is 0 Å². The van der Waals surface area contributed by atoms with Crippen molar-refractivity contribution in [2.75, 3.05) is 13.1 Å². The van der Waals surface area contributed by atoms with Gasteiger partial charge in [-0.25, -0.2) is 9.50 Å². The zero-order valence-corrected chi connectivity index (χ0v) is 15.8. The van der Waals surface area contributed by atoms with E-state index in [2.05, 4.69) is 11.2 Å². The van der Waals surface area contributed by atoms with Crippen LogP contribution < -0.4 is 0 Å². The number of nitrogens with zero attached hydrogens (tertiary/aromatic N) is 4. The Morgan fingerprint density at radius 1 is 1.23 bits per heavy atom. The number of aryl methyl sites for hydroxylation is 2. The maximum absolute atomic E-state index is 12.8. The normalized spacial score (nSPS) is 14.3. The Bertz CT molecular complexity index is 989. The standard InChI is InChI=1S/C20H21ClN4O/c1-13-17(11-15-6-5-7-16(21)10-15)14(2)25-19(23-13)18(12-22-25)20(26)24-8-3-4-9-24/h5-7,10,12H,3-4,8-9,11H2,1-2H3. The van der Waals surface area contributed by atoms with Crippen LogP contribution in [-0.4, -0.2) is 38.5 Å². The van der Waals surface area contributed by atoms with Crippen molar-refractivity contribution in [2.45, 2.75) is 33.1 Å². The molecular weight excluding hydrogens is 348 g/mol. The number of benzene rings is 1. The van der Waals surface area contributed by atoms with Crippen LogP contribution in [0.1, 0.15) is 45.7 Å². The number of halogens is 1. The van der Waals surface area contributed by atoms with E-state index in [0.29, 0.717) is 11.2 Å². The van der Waals surface area contributed by atoms with Gasteiger partial charge in [-0.1, -0.05) is 23.7 Å². The minimum atomic E-state index is 0.0337. The molecule has 0 atom stereocenters. The fraction of sp³-hybridized carbons (Fsp3) is 0.350. The molecule has 4 rings (SSSR count). The molecule has 3 aromatic rings. The van der Waals surface area contributed by atoms with Crippen molar-refractivity contribution in [3.05, 3.63) is 63.6 Å². The Kier molecular flexibility index (Phi) is 4.41. The summed E-state index contributed by atoms with van der Waals surface area (Å²) in [6.07, 6.45) is 4.52. The van der Waals surface area contributed by atoms with Gasteiger partial charge in [0.05, 0.1) is 6.20 Å². The molecule has 6 heteroatoms. The lowest BCUT2D eigenvalue weighted by molar-refractivity contribution is 0.0794. The predicted octanol–water partition coefficient (Wildman–Crippen LogP) is 3.83. The summed E-state index contributed by atoms with van der Waals surface area (Å²) >= 11 is 6.11. The van der Waals surface area contributed by atoms with Crippen LogP contribution >= 0.6 is 11.6 Å². The van der Waals surface area contributed by atoms with Crippen molar-refractivity contribution < 1.29 is 4.79 Å². The molecule has 1 aliphatic rings. The minimum Gasteiger partial charge on any atom is -0.338 e. The monoisotopic (exact) mass is 368 g/mol. The van der Waals surface area contributed by atoms with Crippen LogP contribution in [0.2, 0.25) is 5.02 Å². The van der Waals surface area contributed by atoms with Gasteiger partial charge in [0.1, 0.15) is 5.56 Å². The van der Waals surface area contributed by atoms with Gasteiger partial charge in [-0.2, -0.15) is 5.10 Å². The highest BCUT2D eigenvalue weighted by Gasteiger charge is 2.24. The maximum Gasteiger partial charge on any atom is 0.259 e. The Labute approximate surface area is 157 Å². The van der Waals surface area contributed by atoms with Crippen molar-refractivity contribution in [1.82, 2.24) is 19.5 Å². The molecule has 26 heavy (non-hydrogen) atoms. The Balaban J connectivity index is 1.74. The molecule has 0 unspecified atom stereocenters. The van der Waals surface area contributed by atoms with E-state index in [4.69, 9.17) is 16.6 Å². The smallest absolute Gasteiger partial charge is 0.259 e. The number of carbonyl (C=O) groups is 1. The SMILES string of the molecule is Cc1nc2c(C(=O)N3CCCC3)cnn2c(C)c1Cc1cccc(Cl)c1. The number of hydrogen-bond acceptors (Lipinski definition) is 3. The Morgan fingerprint density at radius 2 is 2.00 bits per heavy atom. The number of amides is 1. The molecule has 1 aliphatic heterocycles. The first-order valence-corrected chi connectivity index (χ1v) is 9.30. The van der Waals surface area contributed by atoms with Crippen molar-refractivity contribution in [2.24, 2.45) is 0 Å². The number of likely N-dealkylation sites (tertiary alicyclic amines) is 1. The Morgan fingerprint density at radius 3 is 2.73 bits per heavy atom. The lowest BCUT2D eigenvalue weighted by Crippen LogP contribution is -2.27. The number of rotatable bonds is 3. The Hall–Kier alpha value is -2.40. The molecular formula is C20H21ClN4O. The van der Waals surface area contributed by atoms with E-state index in [1.54, 1.807) is 10.7 Å². The first-order valence-electron chi connectivity index (χ1n) is 8.92. The van der Waals surface area contributed by atoms with Crippen molar-refractivity contribution in [3.63, 3.8) is 0 Å². The van der Waals surface area contributed by atoms with Crippen LogP contribution in [-0.2, 0) is 6.42 Å². The zero-order chi connectivity index (χ0) is 18.3. The summed E-state index contributed by atoms with van der Waals surface area (Å²) in [7, 11) is 0. The van der Waals surface area contributed by atoms with Gasteiger partial charge in [0, 0.05) is 35.9 Å². The minimum absolute atomic E-state index is 0.0337. The number of hydrogen-bond donors (Lipinski definition) is 0. The largest absolute Gasteiger partial charge is 0.338 e. The van der Waals surface area contributed by atoms with E-state index in [1.165, 1.54) is 0 Å². The van der Waals surface area contributed by atoms with Gasteiger partial charge >= 0.3 is 0 Å². The van der Waals surface area contributed by atoms with E-state index < -0.39 is 0 Å². The molecule has 5 nitrogen and oxygen atoms in total. The van der Waals surface area contributed by atoms with Crippen LogP contribution in [0, 0.1) is 13.8 Å². The van der Waals surface area contributed by atoms with Crippen molar-refractivity contribution >= 4 is 23.2 Å². The van der Waals surface area contributed by atoms with E-state index in [0.717, 1.165) is 59.9 Å². The third-order valence-electron chi connectivity index (χ3n) is 5.10. The molecule has 1 aromatic carbocycles. The second-order valence-electron chi connectivity index (χ2n) is 6.86. The van der Waals surface area contributed by atoms with Crippen LogP contribution in [0.4, 0.5) is 0 Å². The summed E-state index contributed by atoms with van der Waals surface area (Å²) in [6, 6.07) is 7.85. The lowest BCUT2D eigenvalue weighted by atomic mass is 10.0. The van der Waals surface area contributed by atoms with Gasteiger partial charge < -0.3 is 4.90 Å². The molecule has 0 aliphatic carbocycles. The topological polar surface area (TPSA) is 50.5 Å². The van der Waals surface area contributed by atoms with E-state index in [9.17, 15) is 4.79 Å². The van der Waals surface area contributed by atoms with Crippen LogP contribution in [0.5, 0.6) is 0 Å². The molecule has 1 fully saturated rings. The average molecular weight is 369 g/mol. The van der Waals surface area contributed by atoms with Gasteiger partial charge in [-0.15, -0.1) is 0 Å². The molecule has 1 amide bonds. The molecule has 2 aromatic heterocycles. The molecule has 0 spiro atoms. The summed E-state index contributed by atoms with van der Waals surface area (Å²) in [4.78, 5) is 19.4. The summed E-state index contributed by atoms with van der Waals surface area (Å²) in [5, 5.41) is 5.18. The molecule has 0 radical (unpaired) electrons. The molecule has 1 saturated heterocycles. The number of aromatic nitrogens is 3. The summed E-state index contributed by atoms with van der Waals surface area (Å²) in [5.74, 6) is 0.0337. The molecule has 134 valence electrons. The molecule has 0 saturated carbocycles. The van der Waals surface area contributed by atoms with E-state index in [-0.39, 0.29) is 5.91 Å². The highest BCUT2D eigenvalue weighted by atomic mass is 35.5. The maximum atomic E-state index is 12.8. The number of fused-ring (bicyclic) bond motifs is 1. The second-order valence-corrected chi connectivity index (χ2v) is 7.30. The lowest BCUT2D eigenvalue weighted by Gasteiger charge is -2.15. The highest BCUT2D eigenvalue weighted by Crippen LogP contribution is 2.23. The average Bonchev–Trinajstić information content (AvgIpc) is 3.28. The second kappa shape index (κ2) is 6.72. The first kappa shape index (κ1) is 17.0. The van der Waals surface area contributed by atoms with Crippen molar-refractivity contribution in [3.8, 4) is 0 Å².